The summed E-state index contributed by atoms with van der Waals surface area (Å²) in [5.41, 5.74) is 3.45. The molecule has 23 heavy (non-hydrogen) atoms. The van der Waals surface area contributed by atoms with Gasteiger partial charge in [-0.1, -0.05) is 24.3 Å². The van der Waals surface area contributed by atoms with Gasteiger partial charge in [-0.2, -0.15) is 0 Å². The van der Waals surface area contributed by atoms with Crippen molar-refractivity contribution in [3.63, 3.8) is 0 Å². The number of hydrogen-bond acceptors (Lipinski definition) is 3. The van der Waals surface area contributed by atoms with Crippen molar-refractivity contribution in [2.24, 2.45) is 0 Å². The lowest BCUT2D eigenvalue weighted by atomic mass is 10.0. The average Bonchev–Trinajstić information content (AvgIpc) is 2.57. The van der Waals surface area contributed by atoms with E-state index in [0.717, 1.165) is 40.3 Å². The number of hydrogen-bond donors (Lipinski definition) is 2. The van der Waals surface area contributed by atoms with E-state index in [4.69, 9.17) is 4.98 Å². The van der Waals surface area contributed by atoms with E-state index in [2.05, 4.69) is 16.7 Å². The van der Waals surface area contributed by atoms with E-state index in [1.807, 2.05) is 50.4 Å². The molecular weight excluding hydrogens is 286 g/mol. The van der Waals surface area contributed by atoms with E-state index >= 15 is 0 Å². The van der Waals surface area contributed by atoms with Gasteiger partial charge in [0.05, 0.1) is 16.6 Å². The number of fused-ring (bicyclic) bond motifs is 2. The summed E-state index contributed by atoms with van der Waals surface area (Å²) >= 11 is 0. The molecule has 4 heteroatoms. The molecule has 0 saturated heterocycles. The second-order valence-electron chi connectivity index (χ2n) is 5.72. The zero-order chi connectivity index (χ0) is 16.2. The number of aromatic nitrogens is 1. The van der Waals surface area contributed by atoms with E-state index in [9.17, 15) is 4.79 Å². The first-order valence-electron chi connectivity index (χ1n) is 7.92. The Balaban J connectivity index is 2.01. The monoisotopic (exact) mass is 307 g/mol. The maximum absolute atomic E-state index is 12.5. The van der Waals surface area contributed by atoms with Crippen molar-refractivity contribution in [1.82, 2.24) is 15.6 Å². The SMILES string of the molecule is CNCCCNC(=O)c1ccc(C)c2cc3ccccc3nc12. The molecule has 118 valence electrons. The average molecular weight is 307 g/mol. The third-order valence-electron chi connectivity index (χ3n) is 4.04. The van der Waals surface area contributed by atoms with Crippen LogP contribution >= 0.6 is 0 Å². The Morgan fingerprint density at radius 1 is 1.13 bits per heavy atom. The lowest BCUT2D eigenvalue weighted by Gasteiger charge is -2.10. The molecule has 0 bridgehead atoms. The fraction of sp³-hybridized carbons (Fsp3) is 0.263. The van der Waals surface area contributed by atoms with Gasteiger partial charge >= 0.3 is 0 Å². The molecule has 0 unspecified atom stereocenters. The first-order chi connectivity index (χ1) is 11.2. The van der Waals surface area contributed by atoms with E-state index in [1.165, 1.54) is 0 Å². The summed E-state index contributed by atoms with van der Waals surface area (Å²) in [6, 6.07) is 14.0. The van der Waals surface area contributed by atoms with Crippen LogP contribution in [0, 0.1) is 6.92 Å². The van der Waals surface area contributed by atoms with Crippen LogP contribution in [-0.4, -0.2) is 31.0 Å². The zero-order valence-corrected chi connectivity index (χ0v) is 13.5. The Bertz CT molecular complexity index is 858. The standard InChI is InChI=1S/C19H21N3O/c1-13-8-9-15(19(23)21-11-5-10-20-2)18-16(13)12-14-6-3-4-7-17(14)22-18/h3-4,6-9,12,20H,5,10-11H2,1-2H3,(H,21,23). The van der Waals surface area contributed by atoms with Crippen LogP contribution in [0.3, 0.4) is 0 Å². The number of rotatable bonds is 5. The Morgan fingerprint density at radius 3 is 2.78 bits per heavy atom. The molecule has 3 aromatic rings. The first kappa shape index (κ1) is 15.4. The predicted octanol–water partition coefficient (Wildman–Crippen LogP) is 3.04. The molecule has 0 atom stereocenters. The lowest BCUT2D eigenvalue weighted by Crippen LogP contribution is -2.26. The number of amides is 1. The van der Waals surface area contributed by atoms with Crippen molar-refractivity contribution in [2.75, 3.05) is 20.1 Å². The summed E-state index contributed by atoms with van der Waals surface area (Å²) in [5.74, 6) is -0.0612. The molecule has 2 aromatic carbocycles. The number of nitrogens with zero attached hydrogens (tertiary/aromatic N) is 1. The van der Waals surface area contributed by atoms with Crippen LogP contribution in [0.15, 0.2) is 42.5 Å². The van der Waals surface area contributed by atoms with Crippen LogP contribution in [-0.2, 0) is 0 Å². The number of benzene rings is 2. The van der Waals surface area contributed by atoms with Gasteiger partial charge in [0, 0.05) is 17.3 Å². The molecule has 2 N–H and O–H groups in total. The van der Waals surface area contributed by atoms with Gasteiger partial charge in [-0.05, 0) is 50.7 Å². The molecule has 0 aliphatic carbocycles. The summed E-state index contributed by atoms with van der Waals surface area (Å²) in [4.78, 5) is 17.2. The third-order valence-corrected chi connectivity index (χ3v) is 4.04. The van der Waals surface area contributed by atoms with Crippen LogP contribution in [0.1, 0.15) is 22.3 Å². The highest BCUT2D eigenvalue weighted by atomic mass is 16.1. The third kappa shape index (κ3) is 3.17. The number of para-hydroxylation sites is 1. The fourth-order valence-electron chi connectivity index (χ4n) is 2.74. The first-order valence-corrected chi connectivity index (χ1v) is 7.92. The van der Waals surface area contributed by atoms with Crippen molar-refractivity contribution in [1.29, 1.82) is 0 Å². The summed E-state index contributed by atoms with van der Waals surface area (Å²) in [7, 11) is 1.91. The predicted molar refractivity (Wildman–Crippen MR) is 94.9 cm³/mol. The van der Waals surface area contributed by atoms with Gasteiger partial charge in [-0.15, -0.1) is 0 Å². The summed E-state index contributed by atoms with van der Waals surface area (Å²) in [6.07, 6.45) is 0.905. The highest BCUT2D eigenvalue weighted by Gasteiger charge is 2.13. The van der Waals surface area contributed by atoms with Crippen LogP contribution in [0.25, 0.3) is 21.8 Å². The van der Waals surface area contributed by atoms with Gasteiger partial charge in [-0.3, -0.25) is 4.79 Å². The minimum absolute atomic E-state index is 0.0612. The Morgan fingerprint density at radius 2 is 1.96 bits per heavy atom. The lowest BCUT2D eigenvalue weighted by molar-refractivity contribution is 0.0955. The number of aryl methyl sites for hydroxylation is 1. The number of carbonyl (C=O) groups is 1. The van der Waals surface area contributed by atoms with Crippen molar-refractivity contribution in [3.8, 4) is 0 Å². The molecule has 0 aliphatic heterocycles. The van der Waals surface area contributed by atoms with Crippen LogP contribution in [0.5, 0.6) is 0 Å². The van der Waals surface area contributed by atoms with Crippen molar-refractivity contribution in [2.45, 2.75) is 13.3 Å². The number of carbonyl (C=O) groups excluding carboxylic acids is 1. The van der Waals surface area contributed by atoms with Crippen LogP contribution < -0.4 is 10.6 Å². The summed E-state index contributed by atoms with van der Waals surface area (Å²) < 4.78 is 0. The van der Waals surface area contributed by atoms with Gasteiger partial charge < -0.3 is 10.6 Å². The molecular formula is C19H21N3O. The topological polar surface area (TPSA) is 54.0 Å². The maximum Gasteiger partial charge on any atom is 0.253 e. The zero-order valence-electron chi connectivity index (χ0n) is 13.5. The Hall–Kier alpha value is -2.46. The highest BCUT2D eigenvalue weighted by Crippen LogP contribution is 2.25. The highest BCUT2D eigenvalue weighted by molar-refractivity contribution is 6.08. The number of pyridine rings is 1. The van der Waals surface area contributed by atoms with Crippen molar-refractivity contribution in [3.05, 3.63) is 53.6 Å². The second-order valence-corrected chi connectivity index (χ2v) is 5.72. The van der Waals surface area contributed by atoms with Gasteiger partial charge in [0.25, 0.3) is 5.91 Å². The van der Waals surface area contributed by atoms with Crippen molar-refractivity contribution >= 4 is 27.7 Å². The Labute approximate surface area is 135 Å². The normalized spacial score (nSPS) is 11.0. The van der Waals surface area contributed by atoms with E-state index < -0.39 is 0 Å². The molecule has 0 radical (unpaired) electrons. The molecule has 1 amide bonds. The number of nitrogens with one attached hydrogen (secondary N) is 2. The summed E-state index contributed by atoms with van der Waals surface area (Å²) in [6.45, 7) is 3.59. The fourth-order valence-corrected chi connectivity index (χ4v) is 2.74. The maximum atomic E-state index is 12.5. The molecule has 1 aromatic heterocycles. The van der Waals surface area contributed by atoms with Crippen LogP contribution in [0.4, 0.5) is 0 Å². The van der Waals surface area contributed by atoms with Crippen LogP contribution in [0.2, 0.25) is 0 Å². The molecule has 0 fully saturated rings. The molecule has 3 rings (SSSR count). The summed E-state index contributed by atoms with van der Waals surface area (Å²) in [5, 5.41) is 8.18. The minimum Gasteiger partial charge on any atom is -0.352 e. The molecule has 1 heterocycles. The Kier molecular flexibility index (Phi) is 4.53. The van der Waals surface area contributed by atoms with Gasteiger partial charge in [0.2, 0.25) is 0 Å². The smallest absolute Gasteiger partial charge is 0.253 e. The van der Waals surface area contributed by atoms with Gasteiger partial charge in [0.15, 0.2) is 0 Å². The van der Waals surface area contributed by atoms with Gasteiger partial charge in [-0.25, -0.2) is 4.98 Å². The van der Waals surface area contributed by atoms with E-state index in [1.54, 1.807) is 0 Å². The largest absolute Gasteiger partial charge is 0.352 e. The molecule has 0 saturated carbocycles. The van der Waals surface area contributed by atoms with Crippen molar-refractivity contribution < 1.29 is 4.79 Å². The molecule has 0 aliphatic rings. The minimum atomic E-state index is -0.0612. The second kappa shape index (κ2) is 6.75. The van der Waals surface area contributed by atoms with Gasteiger partial charge in [0.1, 0.15) is 0 Å². The molecule has 4 nitrogen and oxygen atoms in total. The molecule has 0 spiro atoms. The quantitative estimate of drug-likeness (QED) is 0.563. The van der Waals surface area contributed by atoms with E-state index in [-0.39, 0.29) is 5.91 Å². The van der Waals surface area contributed by atoms with E-state index in [0.29, 0.717) is 12.1 Å².